The van der Waals surface area contributed by atoms with E-state index in [1.165, 1.54) is 0 Å². The van der Waals surface area contributed by atoms with E-state index in [2.05, 4.69) is 4.90 Å². The van der Waals surface area contributed by atoms with Gasteiger partial charge in [-0.05, 0) is 113 Å². The third-order valence-electron chi connectivity index (χ3n) is 10.3. The molecule has 4 heterocycles. The van der Waals surface area contributed by atoms with Crippen molar-refractivity contribution in [2.45, 2.75) is 77.5 Å². The van der Waals surface area contributed by atoms with Gasteiger partial charge in [0.2, 0.25) is 0 Å². The number of benzene rings is 2. The van der Waals surface area contributed by atoms with Crippen LogP contribution in [0.4, 0.5) is 4.79 Å². The Labute approximate surface area is 300 Å². The quantitative estimate of drug-likeness (QED) is 0.229. The first kappa shape index (κ1) is 37.9. The number of hydrogen-bond acceptors (Lipinski definition) is 7. The standard InChI is InChI=1S/C22H31N3O4.C17H23N3O2/c1-22(2,3)24(21(27)28)25(13-6-5-7-14-25)15-12-23-19-16-18(29-4)10-8-17(19)9-11-20(23)26;1-22-15-4-2-13-3-5-17(21)20(16(13)12-15)11-10-19-8-6-14(18)7-9-19/h8-11,16H,5-7,12-15H2,1-4H3;2-5,12,14H,6-11,18H2,1H3/p+1. The fraction of sp³-hybridized carbons (Fsp3) is 0.513. The fourth-order valence-corrected chi connectivity index (χ4v) is 7.68. The van der Waals surface area contributed by atoms with Crippen LogP contribution in [0, 0.1) is 0 Å². The highest BCUT2D eigenvalue weighted by Crippen LogP contribution is 2.30. The molecule has 6 rings (SSSR count). The van der Waals surface area contributed by atoms with Crippen LogP contribution in [0.1, 0.15) is 52.9 Å². The molecule has 2 aromatic carbocycles. The third kappa shape index (κ3) is 8.92. The largest absolute Gasteiger partial charge is 0.497 e. The molecule has 2 aliphatic rings. The van der Waals surface area contributed by atoms with Crippen LogP contribution in [0.25, 0.3) is 21.8 Å². The van der Waals surface area contributed by atoms with Crippen molar-refractivity contribution in [1.29, 1.82) is 0 Å². The van der Waals surface area contributed by atoms with Crippen LogP contribution in [-0.2, 0) is 13.1 Å². The van der Waals surface area contributed by atoms with Crippen LogP contribution >= 0.6 is 0 Å². The van der Waals surface area contributed by atoms with Gasteiger partial charge in [0.15, 0.2) is 0 Å². The number of piperidine rings is 2. The number of quaternary nitrogens is 1. The number of carboxylic acid groups (broad SMARTS) is 1. The average Bonchev–Trinajstić information content (AvgIpc) is 3.11. The van der Waals surface area contributed by atoms with E-state index in [-0.39, 0.29) is 11.1 Å². The Morgan fingerprint density at radius 2 is 1.29 bits per heavy atom. The van der Waals surface area contributed by atoms with Crippen LogP contribution in [0.15, 0.2) is 70.3 Å². The SMILES string of the molecule is COc1ccc2ccc(=O)n(CCN3CCC(N)CC3)c2c1.COc1ccc2ccc(=O)n(CC[N+]3(N(C(=O)O)C(C)(C)C)CCCCC3)c2c1. The van der Waals surface area contributed by atoms with E-state index in [1.54, 1.807) is 35.9 Å². The number of hydrogen-bond donors (Lipinski definition) is 2. The van der Waals surface area contributed by atoms with Gasteiger partial charge in [-0.3, -0.25) is 9.59 Å². The zero-order valence-electron chi connectivity index (χ0n) is 30.8. The minimum Gasteiger partial charge on any atom is -0.497 e. The van der Waals surface area contributed by atoms with Crippen molar-refractivity contribution >= 4 is 27.9 Å². The first-order valence-corrected chi connectivity index (χ1v) is 18.1. The number of likely N-dealkylation sites (tertiary alicyclic amines) is 2. The molecule has 0 radical (unpaired) electrons. The maximum absolute atomic E-state index is 12.7. The van der Waals surface area contributed by atoms with E-state index in [0.29, 0.717) is 36.0 Å². The molecule has 12 nitrogen and oxygen atoms in total. The Bertz CT molecular complexity index is 1920. The summed E-state index contributed by atoms with van der Waals surface area (Å²) >= 11 is 0. The Morgan fingerprint density at radius 1 is 0.804 bits per heavy atom. The highest BCUT2D eigenvalue weighted by atomic mass is 16.5. The Morgan fingerprint density at radius 3 is 1.76 bits per heavy atom. The van der Waals surface area contributed by atoms with Crippen LogP contribution in [0.2, 0.25) is 0 Å². The second-order valence-electron chi connectivity index (χ2n) is 14.8. The summed E-state index contributed by atoms with van der Waals surface area (Å²) in [5.74, 6) is 1.47. The predicted molar refractivity (Wildman–Crippen MR) is 201 cm³/mol. The summed E-state index contributed by atoms with van der Waals surface area (Å²) in [4.78, 5) is 39.6. The van der Waals surface area contributed by atoms with E-state index in [1.807, 2.05) is 73.9 Å². The number of methoxy groups -OCH3 is 2. The summed E-state index contributed by atoms with van der Waals surface area (Å²) in [6.45, 7) is 12.0. The smallest absolute Gasteiger partial charge is 0.452 e. The second kappa shape index (κ2) is 16.3. The van der Waals surface area contributed by atoms with E-state index in [0.717, 1.165) is 92.4 Å². The first-order chi connectivity index (χ1) is 24.3. The average molecular weight is 704 g/mol. The molecule has 51 heavy (non-hydrogen) atoms. The number of nitrogens with two attached hydrogens (primary N) is 1. The number of rotatable bonds is 9. The van der Waals surface area contributed by atoms with E-state index in [4.69, 9.17) is 15.2 Å². The normalized spacial score (nSPS) is 16.7. The zero-order chi connectivity index (χ0) is 36.8. The molecule has 0 saturated carbocycles. The van der Waals surface area contributed by atoms with Crippen molar-refractivity contribution in [2.75, 3.05) is 53.5 Å². The monoisotopic (exact) mass is 703 g/mol. The van der Waals surface area contributed by atoms with Crippen LogP contribution in [0.3, 0.4) is 0 Å². The summed E-state index contributed by atoms with van der Waals surface area (Å²) in [6.07, 6.45) is 4.25. The number of aromatic nitrogens is 2. The van der Waals surface area contributed by atoms with E-state index < -0.39 is 11.6 Å². The van der Waals surface area contributed by atoms with Crippen molar-refractivity contribution < 1.29 is 24.0 Å². The molecule has 2 aromatic heterocycles. The minimum absolute atomic E-state index is 0.0365. The van der Waals surface area contributed by atoms with Crippen LogP contribution < -0.4 is 26.3 Å². The molecule has 0 atom stereocenters. The molecule has 0 unspecified atom stereocenters. The third-order valence-corrected chi connectivity index (χ3v) is 10.3. The van der Waals surface area contributed by atoms with Crippen LogP contribution in [-0.4, -0.2) is 99.9 Å². The molecular weight excluding hydrogens is 648 g/mol. The van der Waals surface area contributed by atoms with E-state index >= 15 is 0 Å². The van der Waals surface area contributed by atoms with Gasteiger partial charge in [0.05, 0.1) is 37.3 Å². The lowest BCUT2D eigenvalue weighted by atomic mass is 10.1. The lowest BCUT2D eigenvalue weighted by Crippen LogP contribution is -2.70. The molecule has 2 fully saturated rings. The summed E-state index contributed by atoms with van der Waals surface area (Å²) in [5, 5.41) is 13.6. The van der Waals surface area contributed by atoms with Gasteiger partial charge in [0, 0.05) is 43.4 Å². The van der Waals surface area contributed by atoms with Gasteiger partial charge in [-0.1, -0.05) is 0 Å². The summed E-state index contributed by atoms with van der Waals surface area (Å²) in [7, 11) is 3.25. The molecule has 4 aromatic rings. The van der Waals surface area contributed by atoms with E-state index in [9.17, 15) is 19.5 Å². The topological polar surface area (TPSA) is 132 Å². The molecule has 2 aliphatic heterocycles. The number of ether oxygens (including phenoxy) is 2. The molecule has 2 saturated heterocycles. The van der Waals surface area contributed by atoms with Crippen molar-refractivity contribution in [3.05, 3.63) is 81.4 Å². The van der Waals surface area contributed by atoms with Crippen molar-refractivity contribution in [2.24, 2.45) is 5.73 Å². The number of fused-ring (bicyclic) bond motifs is 2. The van der Waals surface area contributed by atoms with Crippen LogP contribution in [0.5, 0.6) is 11.5 Å². The van der Waals surface area contributed by atoms with Gasteiger partial charge in [0.1, 0.15) is 31.1 Å². The molecule has 276 valence electrons. The first-order valence-electron chi connectivity index (χ1n) is 18.1. The minimum atomic E-state index is -0.911. The molecule has 1 amide bonds. The van der Waals surface area contributed by atoms with Gasteiger partial charge >= 0.3 is 6.09 Å². The zero-order valence-corrected chi connectivity index (χ0v) is 30.8. The lowest BCUT2D eigenvalue weighted by molar-refractivity contribution is -1.03. The lowest BCUT2D eigenvalue weighted by Gasteiger charge is -2.51. The van der Waals surface area contributed by atoms with Gasteiger partial charge in [0.25, 0.3) is 11.1 Å². The van der Waals surface area contributed by atoms with Gasteiger partial charge < -0.3 is 34.3 Å². The highest BCUT2D eigenvalue weighted by molar-refractivity contribution is 5.81. The Balaban J connectivity index is 0.000000205. The van der Waals surface area contributed by atoms with Crippen molar-refractivity contribution in [1.82, 2.24) is 19.0 Å². The molecular formula is C39H55N6O6+. The van der Waals surface area contributed by atoms with Gasteiger partial charge in [-0.25, -0.2) is 9.39 Å². The molecule has 0 aliphatic carbocycles. The number of nitrogens with zero attached hydrogens (tertiary/aromatic N) is 5. The highest BCUT2D eigenvalue weighted by Gasteiger charge is 2.46. The number of carbonyl (C=O) groups is 1. The molecule has 12 heteroatoms. The van der Waals surface area contributed by atoms with Crippen molar-refractivity contribution in [3.63, 3.8) is 0 Å². The summed E-state index contributed by atoms with van der Waals surface area (Å²) in [5.41, 5.74) is 7.10. The van der Waals surface area contributed by atoms with Gasteiger partial charge in [-0.15, -0.1) is 5.01 Å². The summed E-state index contributed by atoms with van der Waals surface area (Å²) in [6, 6.07) is 18.8. The molecule has 0 spiro atoms. The predicted octanol–water partition coefficient (Wildman–Crippen LogP) is 5.14. The maximum atomic E-state index is 12.7. The second-order valence-corrected chi connectivity index (χ2v) is 14.8. The number of amides is 1. The maximum Gasteiger partial charge on any atom is 0.452 e. The van der Waals surface area contributed by atoms with Gasteiger partial charge in [-0.2, -0.15) is 0 Å². The Hall–Kier alpha value is -4.39. The fourth-order valence-electron chi connectivity index (χ4n) is 7.68. The number of pyridine rings is 2. The molecule has 0 bridgehead atoms. The van der Waals surface area contributed by atoms with Crippen molar-refractivity contribution in [3.8, 4) is 11.5 Å². The molecule has 3 N–H and O–H groups in total. The Kier molecular flexibility index (Phi) is 12.1. The summed E-state index contributed by atoms with van der Waals surface area (Å²) < 4.78 is 14.6.